The van der Waals surface area contributed by atoms with E-state index in [-0.39, 0.29) is 0 Å². The summed E-state index contributed by atoms with van der Waals surface area (Å²) in [7, 11) is 0. The van der Waals surface area contributed by atoms with Crippen LogP contribution in [-0.4, -0.2) is 16.0 Å². The Labute approximate surface area is 96.7 Å². The van der Waals surface area contributed by atoms with Crippen LogP contribution in [0.4, 0.5) is 11.6 Å². The van der Waals surface area contributed by atoms with E-state index in [0.717, 1.165) is 17.7 Å². The molecule has 1 aliphatic rings. The van der Waals surface area contributed by atoms with Crippen molar-refractivity contribution >= 4 is 11.6 Å². The Balaban J connectivity index is 1.95. The third kappa shape index (κ3) is 2.62. The Morgan fingerprint density at radius 3 is 2.75 bits per heavy atom. The van der Waals surface area contributed by atoms with E-state index in [4.69, 9.17) is 5.73 Å². The lowest BCUT2D eigenvalue weighted by Gasteiger charge is -2.32. The molecule has 1 heterocycles. The first-order valence-electron chi connectivity index (χ1n) is 5.99. The van der Waals surface area contributed by atoms with Crippen LogP contribution >= 0.6 is 0 Å². The van der Waals surface area contributed by atoms with Gasteiger partial charge < -0.3 is 11.1 Å². The van der Waals surface area contributed by atoms with Crippen molar-refractivity contribution in [2.45, 2.75) is 39.2 Å². The third-order valence-corrected chi connectivity index (χ3v) is 3.60. The minimum absolute atomic E-state index is 0.474. The van der Waals surface area contributed by atoms with Crippen LogP contribution in [0, 0.1) is 11.8 Å². The van der Waals surface area contributed by atoms with Crippen molar-refractivity contribution < 1.29 is 0 Å². The summed E-state index contributed by atoms with van der Waals surface area (Å²) < 4.78 is 0. The number of anilines is 2. The van der Waals surface area contributed by atoms with E-state index in [1.807, 2.05) is 0 Å². The molecule has 16 heavy (non-hydrogen) atoms. The Kier molecular flexibility index (Phi) is 3.27. The van der Waals surface area contributed by atoms with E-state index in [0.29, 0.717) is 11.9 Å². The summed E-state index contributed by atoms with van der Waals surface area (Å²) in [6.45, 7) is 4.66. The molecule has 0 amide bonds. The number of hydrogen-bond donors (Lipinski definition) is 2. The molecule has 0 saturated heterocycles. The second kappa shape index (κ2) is 4.68. The monoisotopic (exact) mass is 220 g/mol. The number of nitrogen functional groups attached to an aromatic ring is 1. The Bertz CT molecular complexity index is 353. The van der Waals surface area contributed by atoms with Crippen molar-refractivity contribution in [1.29, 1.82) is 0 Å². The summed E-state index contributed by atoms with van der Waals surface area (Å²) in [6.07, 6.45) is 7.00. The maximum atomic E-state index is 5.60. The van der Waals surface area contributed by atoms with Gasteiger partial charge in [0.15, 0.2) is 0 Å². The van der Waals surface area contributed by atoms with Crippen molar-refractivity contribution in [3.05, 3.63) is 12.4 Å². The first-order valence-corrected chi connectivity index (χ1v) is 5.99. The lowest BCUT2D eigenvalue weighted by atomic mass is 9.79. The average molecular weight is 220 g/mol. The second-order valence-corrected chi connectivity index (χ2v) is 4.94. The van der Waals surface area contributed by atoms with E-state index in [1.54, 1.807) is 12.4 Å². The molecular weight excluding hydrogens is 200 g/mol. The van der Waals surface area contributed by atoms with Gasteiger partial charge in [0, 0.05) is 6.04 Å². The average Bonchev–Trinajstić information content (AvgIpc) is 2.24. The van der Waals surface area contributed by atoms with Gasteiger partial charge in [0.2, 0.25) is 0 Å². The minimum atomic E-state index is 0.474. The van der Waals surface area contributed by atoms with Gasteiger partial charge in [-0.25, -0.2) is 4.98 Å². The predicted octanol–water partition coefficient (Wildman–Crippen LogP) is 2.30. The van der Waals surface area contributed by atoms with E-state index in [9.17, 15) is 0 Å². The van der Waals surface area contributed by atoms with Gasteiger partial charge in [0.25, 0.3) is 0 Å². The third-order valence-electron chi connectivity index (χ3n) is 3.60. The van der Waals surface area contributed by atoms with E-state index >= 15 is 0 Å². The van der Waals surface area contributed by atoms with Crippen LogP contribution in [0.25, 0.3) is 0 Å². The normalized spacial score (nSPS) is 30.0. The zero-order valence-electron chi connectivity index (χ0n) is 9.98. The fourth-order valence-electron chi connectivity index (χ4n) is 2.34. The molecular formula is C12H20N4. The lowest BCUT2D eigenvalue weighted by molar-refractivity contribution is 0.260. The van der Waals surface area contributed by atoms with Gasteiger partial charge in [0.05, 0.1) is 12.4 Å². The van der Waals surface area contributed by atoms with Crippen LogP contribution in [0.3, 0.4) is 0 Å². The highest BCUT2D eigenvalue weighted by Crippen LogP contribution is 2.30. The van der Waals surface area contributed by atoms with E-state index in [1.165, 1.54) is 19.3 Å². The van der Waals surface area contributed by atoms with Gasteiger partial charge in [-0.3, -0.25) is 4.98 Å². The first kappa shape index (κ1) is 11.2. The molecule has 0 radical (unpaired) electrons. The summed E-state index contributed by atoms with van der Waals surface area (Å²) in [5.41, 5.74) is 5.60. The summed E-state index contributed by atoms with van der Waals surface area (Å²) >= 11 is 0. The second-order valence-electron chi connectivity index (χ2n) is 4.94. The number of aromatic nitrogens is 2. The standard InChI is InChI=1S/C12H20N4/c1-8-3-4-10(5-9(8)2)15-12-7-14-6-11(13)16-12/h6-10H,3-5H2,1-2H3,(H3,13,15,16). The highest BCUT2D eigenvalue weighted by atomic mass is 15.1. The molecule has 88 valence electrons. The van der Waals surface area contributed by atoms with Crippen molar-refractivity contribution in [1.82, 2.24) is 9.97 Å². The van der Waals surface area contributed by atoms with Gasteiger partial charge in [-0.2, -0.15) is 0 Å². The molecule has 0 aromatic carbocycles. The Morgan fingerprint density at radius 1 is 1.25 bits per heavy atom. The summed E-state index contributed by atoms with van der Waals surface area (Å²) in [5, 5.41) is 3.42. The molecule has 0 bridgehead atoms. The molecule has 2 rings (SSSR count). The molecule has 1 fully saturated rings. The highest BCUT2D eigenvalue weighted by molar-refractivity contribution is 5.39. The quantitative estimate of drug-likeness (QED) is 0.802. The number of rotatable bonds is 2. The van der Waals surface area contributed by atoms with Gasteiger partial charge in [-0.1, -0.05) is 13.8 Å². The molecule has 1 aromatic heterocycles. The Morgan fingerprint density at radius 2 is 2.06 bits per heavy atom. The molecule has 3 N–H and O–H groups in total. The SMILES string of the molecule is CC1CCC(Nc2cncc(N)n2)CC1C. The van der Waals surface area contributed by atoms with Crippen LogP contribution in [0.2, 0.25) is 0 Å². The topological polar surface area (TPSA) is 63.8 Å². The highest BCUT2D eigenvalue weighted by Gasteiger charge is 2.24. The number of hydrogen-bond acceptors (Lipinski definition) is 4. The van der Waals surface area contributed by atoms with Crippen molar-refractivity contribution in [3.8, 4) is 0 Å². The number of nitrogens with zero attached hydrogens (tertiary/aromatic N) is 2. The van der Waals surface area contributed by atoms with Crippen molar-refractivity contribution in [2.75, 3.05) is 11.1 Å². The van der Waals surface area contributed by atoms with Crippen LogP contribution in [0.15, 0.2) is 12.4 Å². The van der Waals surface area contributed by atoms with Crippen LogP contribution in [-0.2, 0) is 0 Å². The first-order chi connectivity index (χ1) is 7.65. The molecule has 1 aromatic rings. The number of nitrogens with two attached hydrogens (primary N) is 1. The molecule has 4 heteroatoms. The summed E-state index contributed by atoms with van der Waals surface area (Å²) in [6, 6.07) is 0.516. The van der Waals surface area contributed by atoms with Gasteiger partial charge >= 0.3 is 0 Å². The van der Waals surface area contributed by atoms with Gasteiger partial charge in [-0.15, -0.1) is 0 Å². The van der Waals surface area contributed by atoms with Gasteiger partial charge in [0.1, 0.15) is 11.6 Å². The predicted molar refractivity (Wildman–Crippen MR) is 66.0 cm³/mol. The lowest BCUT2D eigenvalue weighted by Crippen LogP contribution is -2.30. The fraction of sp³-hybridized carbons (Fsp3) is 0.667. The molecule has 1 aliphatic carbocycles. The summed E-state index contributed by atoms with van der Waals surface area (Å²) in [4.78, 5) is 8.25. The van der Waals surface area contributed by atoms with Crippen molar-refractivity contribution in [3.63, 3.8) is 0 Å². The maximum Gasteiger partial charge on any atom is 0.147 e. The largest absolute Gasteiger partial charge is 0.382 e. The van der Waals surface area contributed by atoms with Gasteiger partial charge in [-0.05, 0) is 31.1 Å². The smallest absolute Gasteiger partial charge is 0.147 e. The minimum Gasteiger partial charge on any atom is -0.382 e. The van der Waals surface area contributed by atoms with E-state index in [2.05, 4.69) is 29.1 Å². The van der Waals surface area contributed by atoms with Crippen LogP contribution in [0.1, 0.15) is 33.1 Å². The van der Waals surface area contributed by atoms with Crippen molar-refractivity contribution in [2.24, 2.45) is 11.8 Å². The molecule has 3 unspecified atom stereocenters. The Hall–Kier alpha value is -1.32. The zero-order valence-corrected chi connectivity index (χ0v) is 9.98. The zero-order chi connectivity index (χ0) is 11.5. The maximum absolute atomic E-state index is 5.60. The molecule has 0 spiro atoms. The fourth-order valence-corrected chi connectivity index (χ4v) is 2.34. The summed E-state index contributed by atoms with van der Waals surface area (Å²) in [5.74, 6) is 2.89. The molecule has 0 aliphatic heterocycles. The van der Waals surface area contributed by atoms with Crippen LogP contribution in [0.5, 0.6) is 0 Å². The molecule has 4 nitrogen and oxygen atoms in total. The molecule has 3 atom stereocenters. The number of nitrogens with one attached hydrogen (secondary N) is 1. The molecule has 1 saturated carbocycles. The van der Waals surface area contributed by atoms with E-state index < -0.39 is 0 Å². The van der Waals surface area contributed by atoms with Crippen LogP contribution < -0.4 is 11.1 Å².